The van der Waals surface area contributed by atoms with E-state index in [1.54, 1.807) is 12.1 Å². The van der Waals surface area contributed by atoms with E-state index in [0.717, 1.165) is 18.6 Å². The van der Waals surface area contributed by atoms with Crippen LogP contribution >= 0.6 is 0 Å². The molecular formula is C14H18O2. The summed E-state index contributed by atoms with van der Waals surface area (Å²) in [5, 5.41) is 0. The Morgan fingerprint density at radius 3 is 2.81 bits per heavy atom. The van der Waals surface area contributed by atoms with E-state index in [4.69, 9.17) is 4.42 Å². The highest BCUT2D eigenvalue weighted by molar-refractivity contribution is 5.95. The summed E-state index contributed by atoms with van der Waals surface area (Å²) >= 11 is 0. The minimum absolute atomic E-state index is 0.190. The zero-order chi connectivity index (χ0) is 11.4. The van der Waals surface area contributed by atoms with Crippen LogP contribution < -0.4 is 0 Å². The van der Waals surface area contributed by atoms with Gasteiger partial charge in [0.15, 0.2) is 5.76 Å². The maximum Gasteiger partial charge on any atom is 0.201 e. The van der Waals surface area contributed by atoms with E-state index < -0.39 is 0 Å². The van der Waals surface area contributed by atoms with Crippen LogP contribution in [0.1, 0.15) is 48.4 Å². The van der Waals surface area contributed by atoms with Crippen LogP contribution in [0.25, 0.3) is 0 Å². The zero-order valence-electron chi connectivity index (χ0n) is 9.58. The van der Waals surface area contributed by atoms with Crippen molar-refractivity contribution in [3.63, 3.8) is 0 Å². The zero-order valence-corrected chi connectivity index (χ0v) is 9.58. The molecule has 16 heavy (non-hydrogen) atoms. The first-order valence-corrected chi connectivity index (χ1v) is 6.05. The van der Waals surface area contributed by atoms with Gasteiger partial charge in [0.25, 0.3) is 0 Å². The summed E-state index contributed by atoms with van der Waals surface area (Å²) in [4.78, 5) is 12.1. The van der Waals surface area contributed by atoms with Gasteiger partial charge < -0.3 is 4.42 Å². The fourth-order valence-corrected chi connectivity index (χ4v) is 2.33. The van der Waals surface area contributed by atoms with Crippen molar-refractivity contribution in [3.8, 4) is 0 Å². The molecule has 0 amide bonds. The normalized spacial score (nSPS) is 17.2. The Bertz CT molecular complexity index is 370. The Labute approximate surface area is 96.3 Å². The second kappa shape index (κ2) is 5.15. The van der Waals surface area contributed by atoms with Crippen molar-refractivity contribution in [2.45, 2.75) is 38.5 Å². The molecule has 0 bridgehead atoms. The number of carbonyl (C=O) groups excluding carboxylic acids is 1. The van der Waals surface area contributed by atoms with E-state index in [9.17, 15) is 4.79 Å². The van der Waals surface area contributed by atoms with E-state index in [1.165, 1.54) is 19.3 Å². The maximum atomic E-state index is 12.1. The van der Waals surface area contributed by atoms with Crippen LogP contribution in [-0.2, 0) is 6.42 Å². The second-order valence-corrected chi connectivity index (χ2v) is 4.46. The number of ketones is 1. The summed E-state index contributed by atoms with van der Waals surface area (Å²) < 4.78 is 5.52. The lowest BCUT2D eigenvalue weighted by atomic mass is 9.85. The van der Waals surface area contributed by atoms with Crippen LogP contribution in [0.3, 0.4) is 0 Å². The van der Waals surface area contributed by atoms with Gasteiger partial charge in [0.05, 0.1) is 0 Å². The standard InChI is InChI=1S/C14H18O2/c1-2-6-12-9-10-13(16-12)14(15)11-7-4-3-5-8-11/h2,9-11H,1,3-8H2. The van der Waals surface area contributed by atoms with E-state index in [0.29, 0.717) is 12.2 Å². The summed E-state index contributed by atoms with van der Waals surface area (Å²) in [5.41, 5.74) is 0. The molecule has 1 heterocycles. The van der Waals surface area contributed by atoms with Crippen LogP contribution in [0.4, 0.5) is 0 Å². The first-order chi connectivity index (χ1) is 7.81. The molecule has 0 N–H and O–H groups in total. The lowest BCUT2D eigenvalue weighted by molar-refractivity contribution is 0.0859. The van der Waals surface area contributed by atoms with Crippen molar-refractivity contribution in [2.24, 2.45) is 5.92 Å². The molecule has 1 aromatic rings. The Hall–Kier alpha value is -1.31. The number of hydrogen-bond acceptors (Lipinski definition) is 2. The average Bonchev–Trinajstić information content (AvgIpc) is 2.78. The largest absolute Gasteiger partial charge is 0.458 e. The lowest BCUT2D eigenvalue weighted by Crippen LogP contribution is -2.17. The molecule has 1 fully saturated rings. The second-order valence-electron chi connectivity index (χ2n) is 4.46. The SMILES string of the molecule is C=CCc1ccc(C(=O)C2CCCCC2)o1. The van der Waals surface area contributed by atoms with Gasteiger partial charge in [-0.3, -0.25) is 4.79 Å². The molecule has 0 radical (unpaired) electrons. The molecule has 1 aromatic heterocycles. The minimum Gasteiger partial charge on any atom is -0.458 e. The Balaban J connectivity index is 2.04. The molecule has 0 unspecified atom stereocenters. The van der Waals surface area contributed by atoms with E-state index in [1.807, 2.05) is 6.07 Å². The summed E-state index contributed by atoms with van der Waals surface area (Å²) in [6.07, 6.45) is 8.15. The average molecular weight is 218 g/mol. The summed E-state index contributed by atoms with van der Waals surface area (Å²) in [7, 11) is 0. The van der Waals surface area contributed by atoms with Gasteiger partial charge >= 0.3 is 0 Å². The van der Waals surface area contributed by atoms with Gasteiger partial charge in [-0.1, -0.05) is 25.3 Å². The van der Waals surface area contributed by atoms with Crippen LogP contribution in [0.5, 0.6) is 0 Å². The lowest BCUT2D eigenvalue weighted by Gasteiger charge is -2.18. The van der Waals surface area contributed by atoms with E-state index in [2.05, 4.69) is 6.58 Å². The highest BCUT2D eigenvalue weighted by atomic mass is 16.3. The molecule has 2 nitrogen and oxygen atoms in total. The van der Waals surface area contributed by atoms with Gasteiger partial charge in [-0.05, 0) is 25.0 Å². The molecule has 1 aliphatic rings. The van der Waals surface area contributed by atoms with E-state index >= 15 is 0 Å². The summed E-state index contributed by atoms with van der Waals surface area (Å²) in [6, 6.07) is 3.67. The molecule has 2 heteroatoms. The molecule has 0 saturated heterocycles. The van der Waals surface area contributed by atoms with Crippen LogP contribution in [0.15, 0.2) is 29.2 Å². The number of Topliss-reactive ketones (excluding diaryl/α,β-unsaturated/α-hetero) is 1. The van der Waals surface area contributed by atoms with Crippen molar-refractivity contribution in [3.05, 3.63) is 36.3 Å². The van der Waals surface area contributed by atoms with Gasteiger partial charge in [0.2, 0.25) is 5.78 Å². The highest BCUT2D eigenvalue weighted by Crippen LogP contribution is 2.27. The van der Waals surface area contributed by atoms with Gasteiger partial charge in [-0.25, -0.2) is 0 Å². The molecule has 0 aliphatic heterocycles. The Morgan fingerprint density at radius 1 is 1.38 bits per heavy atom. The van der Waals surface area contributed by atoms with Gasteiger partial charge in [-0.15, -0.1) is 6.58 Å². The molecule has 1 saturated carbocycles. The molecular weight excluding hydrogens is 200 g/mol. The monoisotopic (exact) mass is 218 g/mol. The first kappa shape index (κ1) is 11.2. The molecule has 0 atom stereocenters. The highest BCUT2D eigenvalue weighted by Gasteiger charge is 2.24. The Morgan fingerprint density at radius 2 is 2.12 bits per heavy atom. The number of furan rings is 1. The van der Waals surface area contributed by atoms with Crippen molar-refractivity contribution >= 4 is 5.78 Å². The fraction of sp³-hybridized carbons (Fsp3) is 0.500. The van der Waals surface area contributed by atoms with Crippen molar-refractivity contribution in [1.29, 1.82) is 0 Å². The topological polar surface area (TPSA) is 30.2 Å². The number of rotatable bonds is 4. The van der Waals surface area contributed by atoms with Crippen LogP contribution in [0, 0.1) is 5.92 Å². The predicted molar refractivity (Wildman–Crippen MR) is 63.5 cm³/mol. The predicted octanol–water partition coefficient (Wildman–Crippen LogP) is 3.77. The molecule has 0 spiro atoms. The summed E-state index contributed by atoms with van der Waals surface area (Å²) in [5.74, 6) is 1.74. The number of hydrogen-bond donors (Lipinski definition) is 0. The maximum absolute atomic E-state index is 12.1. The van der Waals surface area contributed by atoms with Crippen molar-refractivity contribution in [2.75, 3.05) is 0 Å². The third-order valence-electron chi connectivity index (χ3n) is 3.23. The van der Waals surface area contributed by atoms with Gasteiger partial charge in [0, 0.05) is 12.3 Å². The third kappa shape index (κ3) is 2.43. The van der Waals surface area contributed by atoms with Crippen LogP contribution in [0.2, 0.25) is 0 Å². The van der Waals surface area contributed by atoms with Crippen molar-refractivity contribution < 1.29 is 9.21 Å². The fourth-order valence-electron chi connectivity index (χ4n) is 2.33. The first-order valence-electron chi connectivity index (χ1n) is 6.05. The third-order valence-corrected chi connectivity index (χ3v) is 3.23. The molecule has 86 valence electrons. The van der Waals surface area contributed by atoms with Crippen LogP contribution in [-0.4, -0.2) is 5.78 Å². The molecule has 2 rings (SSSR count). The number of carbonyl (C=O) groups is 1. The smallest absolute Gasteiger partial charge is 0.201 e. The quantitative estimate of drug-likeness (QED) is 0.568. The van der Waals surface area contributed by atoms with E-state index in [-0.39, 0.29) is 11.7 Å². The Kier molecular flexibility index (Phi) is 3.60. The van der Waals surface area contributed by atoms with Gasteiger partial charge in [0.1, 0.15) is 5.76 Å². The number of allylic oxidation sites excluding steroid dienone is 1. The molecule has 1 aliphatic carbocycles. The summed E-state index contributed by atoms with van der Waals surface area (Å²) in [6.45, 7) is 3.66. The van der Waals surface area contributed by atoms with Gasteiger partial charge in [-0.2, -0.15) is 0 Å². The van der Waals surface area contributed by atoms with Crippen molar-refractivity contribution in [1.82, 2.24) is 0 Å². The molecule has 0 aromatic carbocycles. The minimum atomic E-state index is 0.190.